The Hall–Kier alpha value is -1.07. The molecule has 2 rings (SSSR count). The number of carbonyl (C=O) groups is 1. The van der Waals surface area contributed by atoms with Crippen molar-refractivity contribution < 1.29 is 19.0 Å². The van der Waals surface area contributed by atoms with Gasteiger partial charge in [-0.15, -0.1) is 0 Å². The van der Waals surface area contributed by atoms with Gasteiger partial charge in [-0.05, 0) is 18.2 Å². The van der Waals surface area contributed by atoms with E-state index in [1.165, 1.54) is 7.11 Å². The van der Waals surface area contributed by atoms with Crippen LogP contribution in [0.3, 0.4) is 0 Å². The van der Waals surface area contributed by atoms with Gasteiger partial charge in [-0.1, -0.05) is 15.9 Å². The maximum atomic E-state index is 11.5. The molecule has 4 nitrogen and oxygen atoms in total. The topological polar surface area (TPSA) is 44.8 Å². The number of benzene rings is 1. The highest BCUT2D eigenvalue weighted by Gasteiger charge is 2.44. The fourth-order valence-electron chi connectivity index (χ4n) is 2.14. The monoisotopic (exact) mass is 314 g/mol. The molecule has 1 aliphatic rings. The zero-order valence-corrected chi connectivity index (χ0v) is 12.0. The van der Waals surface area contributed by atoms with Crippen LogP contribution in [0.4, 0.5) is 0 Å². The molecular weight excluding hydrogens is 300 g/mol. The van der Waals surface area contributed by atoms with Crippen LogP contribution in [0, 0.1) is 0 Å². The summed E-state index contributed by atoms with van der Waals surface area (Å²) in [5.41, 5.74) is 0.651. The van der Waals surface area contributed by atoms with E-state index in [4.69, 9.17) is 14.2 Å². The van der Waals surface area contributed by atoms with E-state index >= 15 is 0 Å². The van der Waals surface area contributed by atoms with Gasteiger partial charge in [0, 0.05) is 10.0 Å². The smallest absolute Gasteiger partial charge is 0.306 e. The van der Waals surface area contributed by atoms with Gasteiger partial charge < -0.3 is 14.2 Å². The SMILES string of the molecule is COC(=O)CC1(c2cc(Br)ccc2OC)COC1. The Morgan fingerprint density at radius 1 is 1.44 bits per heavy atom. The van der Waals surface area contributed by atoms with Crippen molar-refractivity contribution in [3.05, 3.63) is 28.2 Å². The van der Waals surface area contributed by atoms with E-state index in [1.54, 1.807) is 7.11 Å². The molecule has 0 radical (unpaired) electrons. The van der Waals surface area contributed by atoms with E-state index in [1.807, 2.05) is 18.2 Å². The van der Waals surface area contributed by atoms with Crippen molar-refractivity contribution in [2.24, 2.45) is 0 Å². The van der Waals surface area contributed by atoms with Crippen molar-refractivity contribution in [1.29, 1.82) is 0 Å². The van der Waals surface area contributed by atoms with Gasteiger partial charge in [-0.25, -0.2) is 0 Å². The van der Waals surface area contributed by atoms with Gasteiger partial charge in [0.1, 0.15) is 5.75 Å². The average molecular weight is 315 g/mol. The van der Waals surface area contributed by atoms with Crippen molar-refractivity contribution in [3.63, 3.8) is 0 Å². The van der Waals surface area contributed by atoms with E-state index in [0.29, 0.717) is 19.6 Å². The zero-order valence-electron chi connectivity index (χ0n) is 10.4. The summed E-state index contributed by atoms with van der Waals surface area (Å²) in [4.78, 5) is 11.5. The molecule has 1 heterocycles. The molecule has 98 valence electrons. The normalized spacial score (nSPS) is 16.8. The Kier molecular flexibility index (Phi) is 3.92. The summed E-state index contributed by atoms with van der Waals surface area (Å²) in [6, 6.07) is 5.77. The Morgan fingerprint density at radius 3 is 2.67 bits per heavy atom. The standard InChI is InChI=1S/C13H15BrO4/c1-16-11-4-3-9(14)5-10(11)13(7-18-8-13)6-12(15)17-2/h3-5H,6-8H2,1-2H3. The van der Waals surface area contributed by atoms with Crippen molar-refractivity contribution in [3.8, 4) is 5.75 Å². The summed E-state index contributed by atoms with van der Waals surface area (Å²) < 4.78 is 16.4. The van der Waals surface area contributed by atoms with Gasteiger partial charge >= 0.3 is 5.97 Å². The van der Waals surface area contributed by atoms with E-state index in [9.17, 15) is 4.79 Å². The first-order valence-corrected chi connectivity index (χ1v) is 6.39. The number of hydrogen-bond donors (Lipinski definition) is 0. The van der Waals surface area contributed by atoms with Crippen molar-refractivity contribution >= 4 is 21.9 Å². The number of ether oxygens (including phenoxy) is 3. The third-order valence-electron chi connectivity index (χ3n) is 3.20. The van der Waals surface area contributed by atoms with Gasteiger partial charge in [0.2, 0.25) is 0 Å². The third kappa shape index (κ3) is 2.37. The minimum Gasteiger partial charge on any atom is -0.496 e. The highest BCUT2D eigenvalue weighted by Crippen LogP contribution is 2.42. The summed E-state index contributed by atoms with van der Waals surface area (Å²) in [6.07, 6.45) is 0.302. The number of halogens is 1. The first-order valence-electron chi connectivity index (χ1n) is 5.60. The lowest BCUT2D eigenvalue weighted by Gasteiger charge is -2.41. The predicted molar refractivity (Wildman–Crippen MR) is 69.8 cm³/mol. The summed E-state index contributed by atoms with van der Waals surface area (Å²) in [5, 5.41) is 0. The van der Waals surface area contributed by atoms with Crippen LogP contribution in [0.1, 0.15) is 12.0 Å². The molecule has 0 saturated carbocycles. The number of rotatable bonds is 4. The van der Waals surface area contributed by atoms with Crippen LogP contribution < -0.4 is 4.74 Å². The van der Waals surface area contributed by atoms with E-state index in [0.717, 1.165) is 15.8 Å². The first kappa shape index (κ1) is 13.4. The molecule has 1 aromatic rings. The molecule has 0 spiro atoms. The molecule has 0 N–H and O–H groups in total. The Labute approximate surface area is 114 Å². The summed E-state index contributed by atoms with van der Waals surface area (Å²) in [5.74, 6) is 0.533. The van der Waals surface area contributed by atoms with E-state index in [2.05, 4.69) is 15.9 Å². The van der Waals surface area contributed by atoms with Crippen LogP contribution in [-0.4, -0.2) is 33.4 Å². The molecule has 0 bridgehead atoms. The second-order valence-electron chi connectivity index (χ2n) is 4.37. The van der Waals surface area contributed by atoms with Crippen molar-refractivity contribution in [1.82, 2.24) is 0 Å². The summed E-state index contributed by atoms with van der Waals surface area (Å²) in [6.45, 7) is 1.02. The van der Waals surface area contributed by atoms with E-state index < -0.39 is 0 Å². The van der Waals surface area contributed by atoms with Crippen LogP contribution in [0.15, 0.2) is 22.7 Å². The lowest BCUT2D eigenvalue weighted by molar-refractivity contribution is -0.148. The fraction of sp³-hybridized carbons (Fsp3) is 0.462. The first-order chi connectivity index (χ1) is 8.61. The van der Waals surface area contributed by atoms with Gasteiger partial charge in [0.15, 0.2) is 0 Å². The summed E-state index contributed by atoms with van der Waals surface area (Å²) in [7, 11) is 3.02. The lowest BCUT2D eigenvalue weighted by atomic mass is 9.75. The van der Waals surface area contributed by atoms with Gasteiger partial charge in [-0.3, -0.25) is 4.79 Å². The molecule has 0 atom stereocenters. The Morgan fingerprint density at radius 2 is 2.17 bits per heavy atom. The van der Waals surface area contributed by atoms with E-state index in [-0.39, 0.29) is 11.4 Å². The molecule has 1 aromatic carbocycles. The Balaban J connectivity index is 2.37. The minimum atomic E-state index is -0.331. The molecule has 0 unspecified atom stereocenters. The third-order valence-corrected chi connectivity index (χ3v) is 3.69. The van der Waals surface area contributed by atoms with Crippen LogP contribution in [0.2, 0.25) is 0 Å². The predicted octanol–water partition coefficient (Wildman–Crippen LogP) is 2.29. The molecule has 0 amide bonds. The fourth-order valence-corrected chi connectivity index (χ4v) is 2.51. The quantitative estimate of drug-likeness (QED) is 0.800. The molecule has 0 aromatic heterocycles. The summed E-state index contributed by atoms with van der Waals surface area (Å²) >= 11 is 3.44. The van der Waals surface area contributed by atoms with Crippen molar-refractivity contribution in [2.75, 3.05) is 27.4 Å². The van der Waals surface area contributed by atoms with Crippen molar-refractivity contribution in [2.45, 2.75) is 11.8 Å². The molecule has 1 aliphatic heterocycles. The molecular formula is C13H15BrO4. The van der Waals surface area contributed by atoms with Crippen LogP contribution in [-0.2, 0) is 19.7 Å². The number of methoxy groups -OCH3 is 2. The van der Waals surface area contributed by atoms with Crippen LogP contribution in [0.5, 0.6) is 5.75 Å². The highest BCUT2D eigenvalue weighted by molar-refractivity contribution is 9.10. The lowest BCUT2D eigenvalue weighted by Crippen LogP contribution is -2.48. The molecule has 18 heavy (non-hydrogen) atoms. The number of hydrogen-bond acceptors (Lipinski definition) is 4. The zero-order chi connectivity index (χ0) is 13.2. The maximum Gasteiger partial charge on any atom is 0.306 e. The minimum absolute atomic E-state index is 0.236. The molecule has 1 fully saturated rings. The van der Waals surface area contributed by atoms with Gasteiger partial charge in [0.25, 0.3) is 0 Å². The molecule has 5 heteroatoms. The van der Waals surface area contributed by atoms with Crippen LogP contribution >= 0.6 is 15.9 Å². The van der Waals surface area contributed by atoms with Crippen LogP contribution in [0.25, 0.3) is 0 Å². The van der Waals surface area contributed by atoms with Gasteiger partial charge in [-0.2, -0.15) is 0 Å². The number of carbonyl (C=O) groups excluding carboxylic acids is 1. The molecule has 1 saturated heterocycles. The highest BCUT2D eigenvalue weighted by atomic mass is 79.9. The van der Waals surface area contributed by atoms with Gasteiger partial charge in [0.05, 0.1) is 39.3 Å². The molecule has 0 aliphatic carbocycles. The largest absolute Gasteiger partial charge is 0.496 e. The number of esters is 1. The second-order valence-corrected chi connectivity index (χ2v) is 5.29. The maximum absolute atomic E-state index is 11.5. The Bertz CT molecular complexity index is 454. The average Bonchev–Trinajstić information content (AvgIpc) is 2.33. The second kappa shape index (κ2) is 5.28.